The van der Waals surface area contributed by atoms with Crippen LogP contribution >= 0.6 is 0 Å². The van der Waals surface area contributed by atoms with Crippen molar-refractivity contribution >= 4 is 0 Å². The average Bonchev–Trinajstić information content (AvgIpc) is 2.43. The van der Waals surface area contributed by atoms with Crippen molar-refractivity contribution in [3.8, 4) is 0 Å². The summed E-state index contributed by atoms with van der Waals surface area (Å²) in [6, 6.07) is 0. The van der Waals surface area contributed by atoms with Crippen LogP contribution in [0.3, 0.4) is 0 Å². The highest BCUT2D eigenvalue weighted by atomic mass is 16.2. The Bertz CT molecular complexity index is 129. The summed E-state index contributed by atoms with van der Waals surface area (Å²) in [5.41, 5.74) is 0. The largest absolute Gasteiger partial charge is 0.237 e. The lowest BCUT2D eigenvalue weighted by molar-refractivity contribution is 0.186. The fourth-order valence-corrected chi connectivity index (χ4v) is 2.65. The second kappa shape index (κ2) is 18.0. The van der Waals surface area contributed by atoms with Crippen molar-refractivity contribution in [1.29, 1.82) is 0 Å². The Labute approximate surface area is 122 Å². The standard InChI is InChI=1S/C18H37O/c1-2-3-4-5-6-7-8-9-10-11-12-13-14-15-16-17-18-19/h2-18H2,1H3. The molecule has 19 heavy (non-hydrogen) atoms. The van der Waals surface area contributed by atoms with Gasteiger partial charge in [0, 0.05) is 0 Å². The van der Waals surface area contributed by atoms with Crippen molar-refractivity contribution in [2.24, 2.45) is 0 Å². The number of rotatable bonds is 16. The summed E-state index contributed by atoms with van der Waals surface area (Å²) in [4.78, 5) is 0. The van der Waals surface area contributed by atoms with Crippen molar-refractivity contribution in [2.75, 3.05) is 6.61 Å². The van der Waals surface area contributed by atoms with Gasteiger partial charge in [0.2, 0.25) is 0 Å². The third kappa shape index (κ3) is 18.0. The molecule has 0 rings (SSSR count). The van der Waals surface area contributed by atoms with Crippen LogP contribution in [-0.2, 0) is 5.11 Å². The molecule has 1 heteroatoms. The quantitative estimate of drug-likeness (QED) is 0.279. The second-order valence-electron chi connectivity index (χ2n) is 6.01. The van der Waals surface area contributed by atoms with Crippen LogP contribution in [0.2, 0.25) is 0 Å². The molecule has 0 amide bonds. The normalized spacial score (nSPS) is 11.1. The molecule has 0 aromatic heterocycles. The van der Waals surface area contributed by atoms with Gasteiger partial charge in [0.25, 0.3) is 0 Å². The molecule has 0 unspecified atom stereocenters. The van der Waals surface area contributed by atoms with E-state index in [1.54, 1.807) is 0 Å². The van der Waals surface area contributed by atoms with Crippen LogP contribution in [0, 0.1) is 0 Å². The summed E-state index contributed by atoms with van der Waals surface area (Å²) >= 11 is 0. The first-order valence-corrected chi connectivity index (χ1v) is 9.00. The molecule has 0 aromatic carbocycles. The van der Waals surface area contributed by atoms with Crippen molar-refractivity contribution < 1.29 is 5.11 Å². The van der Waals surface area contributed by atoms with Crippen molar-refractivity contribution in [3.63, 3.8) is 0 Å². The minimum atomic E-state index is 0.123. The van der Waals surface area contributed by atoms with E-state index in [1.807, 2.05) is 0 Å². The second-order valence-corrected chi connectivity index (χ2v) is 6.01. The monoisotopic (exact) mass is 269 g/mol. The van der Waals surface area contributed by atoms with Gasteiger partial charge in [-0.25, -0.2) is 5.11 Å². The summed E-state index contributed by atoms with van der Waals surface area (Å²) in [6.45, 7) is 2.41. The Morgan fingerprint density at radius 2 is 0.684 bits per heavy atom. The minimum absolute atomic E-state index is 0.123. The zero-order chi connectivity index (χ0) is 14.0. The fourth-order valence-electron chi connectivity index (χ4n) is 2.65. The van der Waals surface area contributed by atoms with E-state index >= 15 is 0 Å². The molecule has 115 valence electrons. The summed E-state index contributed by atoms with van der Waals surface area (Å²) in [5.74, 6) is 0. The van der Waals surface area contributed by atoms with E-state index in [4.69, 9.17) is 0 Å². The van der Waals surface area contributed by atoms with Gasteiger partial charge in [0.05, 0.1) is 6.61 Å². The van der Waals surface area contributed by atoms with Crippen molar-refractivity contribution in [3.05, 3.63) is 0 Å². The summed E-state index contributed by atoms with van der Waals surface area (Å²) < 4.78 is 0. The highest BCUT2D eigenvalue weighted by molar-refractivity contribution is 4.49. The molecule has 0 aliphatic rings. The molecule has 0 aliphatic heterocycles. The number of hydrogen-bond acceptors (Lipinski definition) is 0. The molecule has 1 radical (unpaired) electrons. The van der Waals surface area contributed by atoms with Gasteiger partial charge in [0.1, 0.15) is 0 Å². The molecule has 0 saturated heterocycles. The first-order valence-electron chi connectivity index (χ1n) is 9.00. The lowest BCUT2D eigenvalue weighted by atomic mass is 10.0. The number of hydrogen-bond donors (Lipinski definition) is 0. The van der Waals surface area contributed by atoms with Gasteiger partial charge in [-0.1, -0.05) is 103 Å². The van der Waals surface area contributed by atoms with Crippen molar-refractivity contribution in [2.45, 2.75) is 110 Å². The highest BCUT2D eigenvalue weighted by Crippen LogP contribution is 2.13. The third-order valence-corrected chi connectivity index (χ3v) is 4.00. The van der Waals surface area contributed by atoms with Gasteiger partial charge in [-0.2, -0.15) is 0 Å². The molecule has 1 nitrogen and oxygen atoms in total. The molecule has 0 N–H and O–H groups in total. The zero-order valence-electron chi connectivity index (χ0n) is 13.4. The highest BCUT2D eigenvalue weighted by Gasteiger charge is 1.94. The molecular weight excluding hydrogens is 232 g/mol. The Morgan fingerprint density at radius 1 is 0.421 bits per heavy atom. The molecular formula is C18H37O. The van der Waals surface area contributed by atoms with E-state index in [9.17, 15) is 5.11 Å². The topological polar surface area (TPSA) is 19.9 Å². The zero-order valence-corrected chi connectivity index (χ0v) is 13.4. The average molecular weight is 269 g/mol. The molecule has 0 fully saturated rings. The predicted molar refractivity (Wildman–Crippen MR) is 85.1 cm³/mol. The molecule has 0 saturated carbocycles. The van der Waals surface area contributed by atoms with Gasteiger partial charge >= 0.3 is 0 Å². The summed E-state index contributed by atoms with van der Waals surface area (Å²) in [7, 11) is 0. The smallest absolute Gasteiger partial charge is 0.0822 e. The van der Waals surface area contributed by atoms with Crippen LogP contribution < -0.4 is 0 Å². The van der Waals surface area contributed by atoms with E-state index in [2.05, 4.69) is 6.92 Å². The predicted octanol–water partition coefficient (Wildman–Crippen LogP) is 6.68. The van der Waals surface area contributed by atoms with E-state index in [-0.39, 0.29) is 6.61 Å². The van der Waals surface area contributed by atoms with Gasteiger partial charge in [-0.3, -0.25) is 0 Å². The lowest BCUT2D eigenvalue weighted by Gasteiger charge is -2.03. The van der Waals surface area contributed by atoms with Gasteiger partial charge in [0.15, 0.2) is 0 Å². The van der Waals surface area contributed by atoms with Crippen LogP contribution in [-0.4, -0.2) is 6.61 Å². The molecule has 0 atom stereocenters. The van der Waals surface area contributed by atoms with E-state index in [1.165, 1.54) is 89.9 Å². The SMILES string of the molecule is CCCCCCCCCCCCCCCCCC[O]. The van der Waals surface area contributed by atoms with Gasteiger partial charge in [-0.05, 0) is 6.42 Å². The van der Waals surface area contributed by atoms with Crippen LogP contribution in [0.15, 0.2) is 0 Å². The van der Waals surface area contributed by atoms with E-state index in [0.717, 1.165) is 12.8 Å². The summed E-state index contributed by atoms with van der Waals surface area (Å²) in [5, 5.41) is 10.3. The Hall–Kier alpha value is -0.0400. The molecule has 0 bridgehead atoms. The molecule has 0 spiro atoms. The molecule has 0 aromatic rings. The Balaban J connectivity index is 2.88. The van der Waals surface area contributed by atoms with E-state index < -0.39 is 0 Å². The number of unbranched alkanes of at least 4 members (excludes halogenated alkanes) is 15. The van der Waals surface area contributed by atoms with Crippen molar-refractivity contribution in [1.82, 2.24) is 0 Å². The first-order chi connectivity index (χ1) is 9.41. The molecule has 0 aliphatic carbocycles. The minimum Gasteiger partial charge on any atom is -0.237 e. The van der Waals surface area contributed by atoms with Crippen LogP contribution in [0.4, 0.5) is 0 Å². The Kier molecular flexibility index (Phi) is 17.9. The first kappa shape index (κ1) is 19.0. The van der Waals surface area contributed by atoms with Gasteiger partial charge in [-0.15, -0.1) is 0 Å². The third-order valence-electron chi connectivity index (χ3n) is 4.00. The maximum absolute atomic E-state index is 10.3. The van der Waals surface area contributed by atoms with Gasteiger partial charge < -0.3 is 0 Å². The molecule has 0 heterocycles. The van der Waals surface area contributed by atoms with Crippen LogP contribution in [0.1, 0.15) is 110 Å². The Morgan fingerprint density at radius 3 is 0.947 bits per heavy atom. The lowest BCUT2D eigenvalue weighted by Crippen LogP contribution is -1.84. The maximum atomic E-state index is 10.3. The van der Waals surface area contributed by atoms with E-state index in [0.29, 0.717) is 0 Å². The van der Waals surface area contributed by atoms with Crippen LogP contribution in [0.25, 0.3) is 0 Å². The fraction of sp³-hybridized carbons (Fsp3) is 1.00. The summed E-state index contributed by atoms with van der Waals surface area (Å²) in [6.07, 6.45) is 21.8. The maximum Gasteiger partial charge on any atom is 0.0822 e. The van der Waals surface area contributed by atoms with Crippen LogP contribution in [0.5, 0.6) is 0 Å².